The van der Waals surface area contributed by atoms with Crippen LogP contribution in [0.5, 0.6) is 0 Å². The maximum Gasteiger partial charge on any atom is 0.151 e. The van der Waals surface area contributed by atoms with Crippen LogP contribution in [0.3, 0.4) is 0 Å². The molecule has 156 valence electrons. The highest BCUT2D eigenvalue weighted by Gasteiger charge is 2.52. The molecular weight excluding hydrogens is 388 g/mol. The summed E-state index contributed by atoms with van der Waals surface area (Å²) in [4.78, 5) is 0. The molecule has 3 unspecified atom stereocenters. The first-order chi connectivity index (χ1) is 15.1. The Kier molecular flexibility index (Phi) is 5.31. The van der Waals surface area contributed by atoms with Gasteiger partial charge in [0.25, 0.3) is 0 Å². The quantitative estimate of drug-likeness (QED) is 0.380. The van der Waals surface area contributed by atoms with E-state index in [-0.39, 0.29) is 0 Å². The molecular formula is C30H32Si. The molecule has 0 saturated heterocycles. The molecule has 1 heteroatoms. The first-order valence-corrected chi connectivity index (χ1v) is 13.7. The van der Waals surface area contributed by atoms with Gasteiger partial charge in [0.05, 0.1) is 0 Å². The highest BCUT2D eigenvalue weighted by atomic mass is 28.3. The lowest BCUT2D eigenvalue weighted by Crippen LogP contribution is -2.70. The molecule has 0 radical (unpaired) electrons. The van der Waals surface area contributed by atoms with E-state index in [0.717, 1.165) is 0 Å². The predicted octanol–water partition coefficient (Wildman–Crippen LogP) is 5.60. The fraction of sp³-hybridized carbons (Fsp3) is 0.267. The largest absolute Gasteiger partial charge is 0.151 e. The number of rotatable bonds is 4. The van der Waals surface area contributed by atoms with E-state index >= 15 is 0 Å². The minimum atomic E-state index is -2.28. The van der Waals surface area contributed by atoms with E-state index in [1.54, 1.807) is 15.6 Å². The Balaban J connectivity index is 1.85. The first kappa shape index (κ1) is 20.3. The summed E-state index contributed by atoms with van der Waals surface area (Å²) < 4.78 is 0. The SMILES string of the molecule is Cc1cccc([Si](c2cccc(C)c2)(c2cccc(C)c2)C2CCC3C=CC=CC32)c1. The Labute approximate surface area is 188 Å². The second-order valence-electron chi connectivity index (χ2n) is 9.61. The monoisotopic (exact) mass is 420 g/mol. The summed E-state index contributed by atoms with van der Waals surface area (Å²) in [6.45, 7) is 6.74. The van der Waals surface area contributed by atoms with Crippen LogP contribution < -0.4 is 15.6 Å². The van der Waals surface area contributed by atoms with Crippen molar-refractivity contribution >= 4 is 23.6 Å². The van der Waals surface area contributed by atoms with Crippen LogP contribution in [0.1, 0.15) is 29.5 Å². The van der Waals surface area contributed by atoms with E-state index in [9.17, 15) is 0 Å². The van der Waals surface area contributed by atoms with Gasteiger partial charge in [0.2, 0.25) is 0 Å². The molecule has 3 atom stereocenters. The normalized spacial score (nSPS) is 22.5. The lowest BCUT2D eigenvalue weighted by molar-refractivity contribution is 0.548. The topological polar surface area (TPSA) is 0 Å². The number of aryl methyl sites for hydroxylation is 3. The van der Waals surface area contributed by atoms with Crippen molar-refractivity contribution < 1.29 is 0 Å². The van der Waals surface area contributed by atoms with Crippen molar-refractivity contribution in [1.82, 2.24) is 0 Å². The highest BCUT2D eigenvalue weighted by Crippen LogP contribution is 2.49. The van der Waals surface area contributed by atoms with Gasteiger partial charge in [-0.3, -0.25) is 0 Å². The van der Waals surface area contributed by atoms with Crippen molar-refractivity contribution in [3.63, 3.8) is 0 Å². The second kappa shape index (κ2) is 8.13. The minimum Gasteiger partial charge on any atom is -0.0808 e. The van der Waals surface area contributed by atoms with Crippen LogP contribution in [-0.2, 0) is 0 Å². The smallest absolute Gasteiger partial charge is 0.0808 e. The van der Waals surface area contributed by atoms with E-state index in [1.807, 2.05) is 0 Å². The molecule has 0 aromatic heterocycles. The summed E-state index contributed by atoms with van der Waals surface area (Å²) in [6.07, 6.45) is 12.1. The Hall–Kier alpha value is -2.64. The summed E-state index contributed by atoms with van der Waals surface area (Å²) in [5.74, 6) is 1.31. The van der Waals surface area contributed by atoms with Crippen LogP contribution in [0.2, 0.25) is 5.54 Å². The number of hydrogen-bond acceptors (Lipinski definition) is 0. The fourth-order valence-electron chi connectivity index (χ4n) is 6.27. The van der Waals surface area contributed by atoms with Gasteiger partial charge in [0.1, 0.15) is 0 Å². The van der Waals surface area contributed by atoms with Crippen molar-refractivity contribution in [2.75, 3.05) is 0 Å². The Bertz CT molecular complexity index is 1040. The average molecular weight is 421 g/mol. The van der Waals surface area contributed by atoms with Crippen LogP contribution >= 0.6 is 0 Å². The number of fused-ring (bicyclic) bond motifs is 1. The van der Waals surface area contributed by atoms with Gasteiger partial charge in [0.15, 0.2) is 8.07 Å². The number of allylic oxidation sites excluding steroid dienone is 4. The van der Waals surface area contributed by atoms with Crippen molar-refractivity contribution in [2.45, 2.75) is 39.2 Å². The summed E-state index contributed by atoms with van der Waals surface area (Å²) in [7, 11) is -2.28. The molecule has 0 nitrogen and oxygen atoms in total. The lowest BCUT2D eigenvalue weighted by Gasteiger charge is -2.42. The van der Waals surface area contributed by atoms with Gasteiger partial charge in [0, 0.05) is 0 Å². The van der Waals surface area contributed by atoms with Crippen LogP contribution in [0.25, 0.3) is 0 Å². The Morgan fingerprint density at radius 3 is 1.58 bits per heavy atom. The molecule has 3 aromatic rings. The van der Waals surface area contributed by atoms with E-state index in [0.29, 0.717) is 17.4 Å². The summed E-state index contributed by atoms with van der Waals surface area (Å²) >= 11 is 0. The molecule has 0 amide bonds. The summed E-state index contributed by atoms with van der Waals surface area (Å²) in [6, 6.07) is 28.3. The lowest BCUT2D eigenvalue weighted by atomic mass is 9.92. The number of benzene rings is 3. The number of hydrogen-bond donors (Lipinski definition) is 0. The van der Waals surface area contributed by atoms with Gasteiger partial charge in [-0.15, -0.1) is 0 Å². The standard InChI is InChI=1S/C30H32Si/c1-22-9-6-13-26(19-22)31(27-14-7-10-23(2)20-27,28-15-8-11-24(3)21-28)30-18-17-25-12-4-5-16-29(25)30/h4-16,19-21,25,29-30H,17-18H2,1-3H3. The zero-order chi connectivity index (χ0) is 21.4. The minimum absolute atomic E-state index is 0.623. The zero-order valence-corrected chi connectivity index (χ0v) is 19.9. The molecule has 0 aliphatic heterocycles. The van der Waals surface area contributed by atoms with Gasteiger partial charge < -0.3 is 0 Å². The maximum absolute atomic E-state index is 2.52. The van der Waals surface area contributed by atoms with Gasteiger partial charge in [-0.2, -0.15) is 0 Å². The zero-order valence-electron chi connectivity index (χ0n) is 18.9. The first-order valence-electron chi connectivity index (χ1n) is 11.7. The van der Waals surface area contributed by atoms with E-state index in [1.165, 1.54) is 29.5 Å². The molecule has 31 heavy (non-hydrogen) atoms. The molecule has 3 aromatic carbocycles. The van der Waals surface area contributed by atoms with Gasteiger partial charge in [-0.05, 0) is 60.1 Å². The Morgan fingerprint density at radius 2 is 1.10 bits per heavy atom. The molecule has 0 spiro atoms. The van der Waals surface area contributed by atoms with E-state index < -0.39 is 8.07 Å². The third-order valence-corrected chi connectivity index (χ3v) is 13.0. The Morgan fingerprint density at radius 1 is 0.613 bits per heavy atom. The molecule has 5 rings (SSSR count). The van der Waals surface area contributed by atoms with Gasteiger partial charge in [-0.25, -0.2) is 0 Å². The summed E-state index contributed by atoms with van der Waals surface area (Å²) in [5, 5.41) is 4.70. The molecule has 0 bridgehead atoms. The molecule has 2 aliphatic rings. The van der Waals surface area contributed by atoms with Gasteiger partial charge in [-0.1, -0.05) is 120 Å². The summed E-state index contributed by atoms with van der Waals surface area (Å²) in [5.41, 5.74) is 4.75. The van der Waals surface area contributed by atoms with Crippen LogP contribution in [0, 0.1) is 32.6 Å². The predicted molar refractivity (Wildman–Crippen MR) is 136 cm³/mol. The highest BCUT2D eigenvalue weighted by molar-refractivity contribution is 7.12. The molecule has 0 heterocycles. The molecule has 1 fully saturated rings. The fourth-order valence-corrected chi connectivity index (χ4v) is 12.5. The third-order valence-electron chi connectivity index (χ3n) is 7.55. The average Bonchev–Trinajstić information content (AvgIpc) is 3.19. The van der Waals surface area contributed by atoms with E-state index in [2.05, 4.69) is 118 Å². The van der Waals surface area contributed by atoms with Crippen LogP contribution in [-0.4, -0.2) is 8.07 Å². The molecule has 0 N–H and O–H groups in total. The van der Waals surface area contributed by atoms with Gasteiger partial charge >= 0.3 is 0 Å². The maximum atomic E-state index is 2.52. The van der Waals surface area contributed by atoms with Crippen molar-refractivity contribution in [2.24, 2.45) is 11.8 Å². The molecule has 2 aliphatic carbocycles. The van der Waals surface area contributed by atoms with Crippen molar-refractivity contribution in [3.05, 3.63) is 114 Å². The van der Waals surface area contributed by atoms with E-state index in [4.69, 9.17) is 0 Å². The van der Waals surface area contributed by atoms with Crippen LogP contribution in [0.4, 0.5) is 0 Å². The van der Waals surface area contributed by atoms with Crippen LogP contribution in [0.15, 0.2) is 97.1 Å². The van der Waals surface area contributed by atoms with Crippen molar-refractivity contribution in [1.29, 1.82) is 0 Å². The third kappa shape index (κ3) is 3.45. The second-order valence-corrected chi connectivity index (χ2v) is 13.7. The molecule has 1 saturated carbocycles. The van der Waals surface area contributed by atoms with Crippen molar-refractivity contribution in [3.8, 4) is 0 Å².